The van der Waals surface area contributed by atoms with E-state index in [9.17, 15) is 14.1 Å². The minimum atomic E-state index is -1.73. The number of nitrogens with one attached hydrogen (secondary N) is 2. The Morgan fingerprint density at radius 1 is 1.02 bits per heavy atom. The van der Waals surface area contributed by atoms with Crippen LogP contribution in [-0.2, 0) is 28.7 Å². The number of carbonyl (C=O) groups is 1. The SMILES string of the molecule is Cc1[nH]n2c(CCCc3ccc(NC(=O)C(C)Oc4ccc(OS(=O)c5ccc(O)cc5)cc4)cc3)nnc2c1Cl. The van der Waals surface area contributed by atoms with Gasteiger partial charge in [0.2, 0.25) is 11.1 Å². The molecular formula is C29H28ClN5O5S. The number of phenols is 1. The van der Waals surface area contributed by atoms with Crippen molar-refractivity contribution < 1.29 is 23.0 Å². The van der Waals surface area contributed by atoms with Crippen LogP contribution >= 0.6 is 11.6 Å². The number of aromatic nitrogens is 4. The molecule has 0 aliphatic rings. The number of hydrogen-bond donors (Lipinski definition) is 3. The zero-order valence-corrected chi connectivity index (χ0v) is 23.9. The fourth-order valence-corrected chi connectivity index (χ4v) is 5.00. The Morgan fingerprint density at radius 3 is 2.41 bits per heavy atom. The number of aryl methyl sites for hydroxylation is 3. The molecule has 2 atom stereocenters. The van der Waals surface area contributed by atoms with Crippen LogP contribution in [0.2, 0.25) is 5.02 Å². The molecule has 10 nitrogen and oxygen atoms in total. The number of H-pyrrole nitrogens is 1. The Bertz CT molecular complexity index is 1670. The van der Waals surface area contributed by atoms with Gasteiger partial charge in [0.1, 0.15) is 22.3 Å². The minimum Gasteiger partial charge on any atom is -0.508 e. The third kappa shape index (κ3) is 6.87. The summed E-state index contributed by atoms with van der Waals surface area (Å²) in [5.74, 6) is 1.46. The molecule has 212 valence electrons. The van der Waals surface area contributed by atoms with Gasteiger partial charge in [-0.1, -0.05) is 23.7 Å². The summed E-state index contributed by atoms with van der Waals surface area (Å²) < 4.78 is 25.4. The molecule has 2 unspecified atom stereocenters. The van der Waals surface area contributed by atoms with Crippen molar-refractivity contribution in [3.63, 3.8) is 0 Å². The first-order valence-corrected chi connectivity index (χ1v) is 14.4. The molecule has 0 aliphatic carbocycles. The second-order valence-electron chi connectivity index (χ2n) is 9.41. The average Bonchev–Trinajstić information content (AvgIpc) is 3.49. The van der Waals surface area contributed by atoms with Crippen molar-refractivity contribution in [3.8, 4) is 17.2 Å². The van der Waals surface area contributed by atoms with E-state index in [2.05, 4.69) is 20.6 Å². The second-order valence-corrected chi connectivity index (χ2v) is 10.9. The van der Waals surface area contributed by atoms with E-state index in [-0.39, 0.29) is 11.7 Å². The van der Waals surface area contributed by atoms with Crippen LogP contribution in [0.15, 0.2) is 77.7 Å². The van der Waals surface area contributed by atoms with Gasteiger partial charge in [-0.15, -0.1) is 10.2 Å². The quantitative estimate of drug-likeness (QED) is 0.187. The van der Waals surface area contributed by atoms with Crippen molar-refractivity contribution in [1.29, 1.82) is 0 Å². The van der Waals surface area contributed by atoms with Crippen molar-refractivity contribution in [2.24, 2.45) is 0 Å². The summed E-state index contributed by atoms with van der Waals surface area (Å²) in [6, 6.07) is 20.1. The number of rotatable bonds is 11. The lowest BCUT2D eigenvalue weighted by Crippen LogP contribution is -2.30. The maximum Gasteiger partial charge on any atom is 0.265 e. The molecule has 41 heavy (non-hydrogen) atoms. The van der Waals surface area contributed by atoms with Crippen LogP contribution in [0.3, 0.4) is 0 Å². The predicted molar refractivity (Wildman–Crippen MR) is 156 cm³/mol. The van der Waals surface area contributed by atoms with Crippen molar-refractivity contribution in [3.05, 3.63) is 94.9 Å². The number of hydrogen-bond acceptors (Lipinski definition) is 7. The molecule has 0 spiro atoms. The van der Waals surface area contributed by atoms with Gasteiger partial charge in [0.25, 0.3) is 5.91 Å². The Labute approximate surface area is 243 Å². The first kappa shape index (κ1) is 28.2. The van der Waals surface area contributed by atoms with E-state index >= 15 is 0 Å². The topological polar surface area (TPSA) is 131 Å². The summed E-state index contributed by atoms with van der Waals surface area (Å²) in [5.41, 5.74) is 3.32. The Balaban J connectivity index is 1.07. The van der Waals surface area contributed by atoms with Gasteiger partial charge in [-0.25, -0.2) is 8.72 Å². The lowest BCUT2D eigenvalue weighted by atomic mass is 10.1. The summed E-state index contributed by atoms with van der Waals surface area (Å²) in [6.45, 7) is 3.56. The first-order chi connectivity index (χ1) is 19.8. The smallest absolute Gasteiger partial charge is 0.265 e. The molecule has 12 heteroatoms. The summed E-state index contributed by atoms with van der Waals surface area (Å²) in [6.07, 6.45) is 1.72. The molecule has 1 amide bonds. The van der Waals surface area contributed by atoms with Gasteiger partial charge in [0, 0.05) is 12.1 Å². The van der Waals surface area contributed by atoms with Crippen LogP contribution in [0.5, 0.6) is 17.2 Å². The molecule has 0 saturated carbocycles. The van der Waals surface area contributed by atoms with E-state index in [0.717, 1.165) is 36.3 Å². The number of phenolic OH excluding ortho intramolecular Hbond substituents is 1. The highest BCUT2D eigenvalue weighted by atomic mass is 35.5. The zero-order valence-electron chi connectivity index (χ0n) is 22.3. The molecule has 5 aromatic rings. The summed E-state index contributed by atoms with van der Waals surface area (Å²) in [5, 5.41) is 24.4. The number of amides is 1. The third-order valence-electron chi connectivity index (χ3n) is 6.33. The number of fused-ring (bicyclic) bond motifs is 1. The fourth-order valence-electron chi connectivity index (χ4n) is 4.10. The van der Waals surface area contributed by atoms with E-state index in [1.807, 2.05) is 35.7 Å². The molecule has 3 N–H and O–H groups in total. The monoisotopic (exact) mass is 593 g/mol. The van der Waals surface area contributed by atoms with Crippen molar-refractivity contribution in [2.75, 3.05) is 5.32 Å². The van der Waals surface area contributed by atoms with Gasteiger partial charge < -0.3 is 19.3 Å². The Morgan fingerprint density at radius 2 is 1.71 bits per heavy atom. The van der Waals surface area contributed by atoms with Gasteiger partial charge >= 0.3 is 0 Å². The van der Waals surface area contributed by atoms with Crippen LogP contribution in [0.25, 0.3) is 5.65 Å². The normalized spacial score (nSPS) is 12.7. The number of carbonyl (C=O) groups excluding carboxylic acids is 1. The Hall–Kier alpha value is -4.35. The van der Waals surface area contributed by atoms with Crippen LogP contribution in [-0.4, -0.2) is 41.1 Å². The van der Waals surface area contributed by atoms with Crippen LogP contribution < -0.4 is 14.2 Å². The van der Waals surface area contributed by atoms with E-state index < -0.39 is 17.2 Å². The van der Waals surface area contributed by atoms with Gasteiger partial charge in [-0.3, -0.25) is 9.89 Å². The standard InChI is InChI=1S/C29H28ClN5O5S/c1-18-27(30)28-33-32-26(35(28)34-18)5-3-4-20-6-8-21(9-7-20)31-29(37)19(2)39-23-12-14-24(15-13-23)40-41(38)25-16-10-22(36)11-17-25/h6-17,19,34,36H,3-5H2,1-2H3,(H,31,37). The van der Waals surface area contributed by atoms with Gasteiger partial charge in [-0.2, -0.15) is 0 Å². The number of anilines is 1. The van der Waals surface area contributed by atoms with E-state index in [0.29, 0.717) is 32.8 Å². The van der Waals surface area contributed by atoms with Crippen molar-refractivity contribution in [1.82, 2.24) is 19.8 Å². The lowest BCUT2D eigenvalue weighted by molar-refractivity contribution is -0.122. The zero-order chi connectivity index (χ0) is 28.9. The number of benzene rings is 3. The number of aromatic hydroxyl groups is 1. The molecule has 0 fully saturated rings. The molecule has 0 aliphatic heterocycles. The van der Waals surface area contributed by atoms with Gasteiger partial charge in [-0.05, 0) is 92.9 Å². The molecular weight excluding hydrogens is 566 g/mol. The predicted octanol–water partition coefficient (Wildman–Crippen LogP) is 5.41. The number of aromatic amines is 1. The largest absolute Gasteiger partial charge is 0.508 e. The van der Waals surface area contributed by atoms with Crippen LogP contribution in [0.1, 0.15) is 30.4 Å². The molecule has 0 radical (unpaired) electrons. The number of ether oxygens (including phenoxy) is 1. The first-order valence-electron chi connectivity index (χ1n) is 12.9. The molecule has 0 saturated heterocycles. The lowest BCUT2D eigenvalue weighted by Gasteiger charge is -2.15. The van der Waals surface area contributed by atoms with Crippen LogP contribution in [0, 0.1) is 6.92 Å². The minimum absolute atomic E-state index is 0.0817. The highest BCUT2D eigenvalue weighted by molar-refractivity contribution is 7.80. The fraction of sp³-hybridized carbons (Fsp3) is 0.207. The van der Waals surface area contributed by atoms with Crippen molar-refractivity contribution in [2.45, 2.75) is 44.1 Å². The molecule has 0 bridgehead atoms. The summed E-state index contributed by atoms with van der Waals surface area (Å²) in [4.78, 5) is 13.1. The second kappa shape index (κ2) is 12.4. The summed E-state index contributed by atoms with van der Waals surface area (Å²) in [7, 11) is 0. The van der Waals surface area contributed by atoms with Gasteiger partial charge in [0.05, 0.1) is 10.6 Å². The Kier molecular flexibility index (Phi) is 8.55. The summed E-state index contributed by atoms with van der Waals surface area (Å²) >= 11 is 4.49. The maximum absolute atomic E-state index is 12.7. The molecule has 2 heterocycles. The highest BCUT2D eigenvalue weighted by Crippen LogP contribution is 2.23. The van der Waals surface area contributed by atoms with E-state index in [1.54, 1.807) is 31.2 Å². The molecule has 2 aromatic heterocycles. The molecule has 5 rings (SSSR count). The average molecular weight is 594 g/mol. The maximum atomic E-state index is 12.7. The highest BCUT2D eigenvalue weighted by Gasteiger charge is 2.16. The van der Waals surface area contributed by atoms with E-state index in [4.69, 9.17) is 20.5 Å². The van der Waals surface area contributed by atoms with Crippen molar-refractivity contribution >= 4 is 39.9 Å². The number of nitrogens with zero attached hydrogens (tertiary/aromatic N) is 3. The van der Waals surface area contributed by atoms with Crippen LogP contribution in [0.4, 0.5) is 5.69 Å². The van der Waals surface area contributed by atoms with E-state index in [1.165, 1.54) is 24.3 Å². The third-order valence-corrected chi connectivity index (χ3v) is 7.78. The number of halogens is 1. The van der Waals surface area contributed by atoms with Gasteiger partial charge in [0.15, 0.2) is 17.6 Å². The molecule has 3 aromatic carbocycles.